The predicted molar refractivity (Wildman–Crippen MR) is 98.2 cm³/mol. The molecule has 1 amide bonds. The van der Waals surface area contributed by atoms with Gasteiger partial charge in [-0.15, -0.1) is 11.3 Å². The maximum absolute atomic E-state index is 13.3. The van der Waals surface area contributed by atoms with Gasteiger partial charge in [0.15, 0.2) is 0 Å². The summed E-state index contributed by atoms with van der Waals surface area (Å²) in [5.74, 6) is -2.57. The van der Waals surface area contributed by atoms with Crippen molar-refractivity contribution in [3.63, 3.8) is 0 Å². The Morgan fingerprint density at radius 3 is 2.22 bits per heavy atom. The molecule has 0 radical (unpaired) electrons. The maximum Gasteiger partial charge on any atom is 0.346 e. The lowest BCUT2D eigenvalue weighted by atomic mass is 9.88. The van der Waals surface area contributed by atoms with Gasteiger partial charge >= 0.3 is 5.97 Å². The highest BCUT2D eigenvalue weighted by atomic mass is 32.1. The Bertz CT molecular complexity index is 1040. The van der Waals surface area contributed by atoms with Crippen LogP contribution in [0, 0.1) is 11.6 Å². The number of carboxylic acids is 1. The normalized spacial score (nSPS) is 15.9. The first-order chi connectivity index (χ1) is 12.9. The highest BCUT2D eigenvalue weighted by Crippen LogP contribution is 2.49. The third kappa shape index (κ3) is 3.10. The molecule has 0 bridgehead atoms. The fourth-order valence-electron chi connectivity index (χ4n) is 3.29. The zero-order chi connectivity index (χ0) is 19.1. The van der Waals surface area contributed by atoms with Crippen molar-refractivity contribution in [2.45, 2.75) is 12.3 Å². The summed E-state index contributed by atoms with van der Waals surface area (Å²) in [6.07, 6.45) is 0.140. The molecule has 2 N–H and O–H groups in total. The maximum atomic E-state index is 13.3. The number of amides is 1. The molecule has 0 unspecified atom stereocenters. The number of fused-ring (bicyclic) bond motifs is 1. The van der Waals surface area contributed by atoms with Crippen LogP contribution in [-0.2, 0) is 4.79 Å². The van der Waals surface area contributed by atoms with Crippen molar-refractivity contribution in [3.05, 3.63) is 75.5 Å². The first-order valence-corrected chi connectivity index (χ1v) is 8.97. The first kappa shape index (κ1) is 17.4. The summed E-state index contributed by atoms with van der Waals surface area (Å²) in [7, 11) is 0. The number of thiophene rings is 1. The predicted octanol–water partition coefficient (Wildman–Crippen LogP) is 4.87. The van der Waals surface area contributed by atoms with E-state index in [2.05, 4.69) is 5.32 Å². The molecule has 27 heavy (non-hydrogen) atoms. The minimum Gasteiger partial charge on any atom is -0.477 e. The van der Waals surface area contributed by atoms with Crippen molar-refractivity contribution in [1.82, 2.24) is 0 Å². The Hall–Kier alpha value is -3.06. The number of carbonyl (C=O) groups is 2. The Morgan fingerprint density at radius 2 is 1.63 bits per heavy atom. The van der Waals surface area contributed by atoms with E-state index in [0.717, 1.165) is 16.9 Å². The van der Waals surface area contributed by atoms with Crippen LogP contribution >= 0.6 is 11.3 Å². The van der Waals surface area contributed by atoms with Crippen molar-refractivity contribution in [2.75, 3.05) is 5.32 Å². The zero-order valence-electron chi connectivity index (χ0n) is 13.8. The fourth-order valence-corrected chi connectivity index (χ4v) is 4.54. The van der Waals surface area contributed by atoms with Gasteiger partial charge in [0.25, 0.3) is 0 Å². The molecule has 1 aromatic heterocycles. The van der Waals surface area contributed by atoms with Gasteiger partial charge in [0.2, 0.25) is 5.91 Å². The molecule has 0 fully saturated rings. The van der Waals surface area contributed by atoms with E-state index in [-0.39, 0.29) is 28.9 Å². The number of hydrogen-bond acceptors (Lipinski definition) is 3. The van der Waals surface area contributed by atoms with E-state index in [4.69, 9.17) is 0 Å². The van der Waals surface area contributed by atoms with E-state index in [1.54, 1.807) is 12.1 Å². The smallest absolute Gasteiger partial charge is 0.346 e. The zero-order valence-corrected chi connectivity index (χ0v) is 14.6. The summed E-state index contributed by atoms with van der Waals surface area (Å²) >= 11 is 1.08. The second kappa shape index (κ2) is 6.59. The highest BCUT2D eigenvalue weighted by Gasteiger charge is 2.34. The monoisotopic (exact) mass is 385 g/mol. The van der Waals surface area contributed by atoms with Crippen LogP contribution in [0.3, 0.4) is 0 Å². The van der Waals surface area contributed by atoms with E-state index in [9.17, 15) is 23.5 Å². The van der Waals surface area contributed by atoms with E-state index < -0.39 is 11.8 Å². The minimum atomic E-state index is -1.12. The van der Waals surface area contributed by atoms with Crippen LogP contribution in [0.15, 0.2) is 48.5 Å². The molecule has 3 aromatic rings. The van der Waals surface area contributed by atoms with Gasteiger partial charge in [-0.1, -0.05) is 24.3 Å². The van der Waals surface area contributed by atoms with E-state index >= 15 is 0 Å². The molecular formula is C20H13F2NO3S. The number of hydrogen-bond donors (Lipinski definition) is 2. The lowest BCUT2D eigenvalue weighted by Crippen LogP contribution is -2.22. The number of nitrogens with one attached hydrogen (secondary N) is 1. The highest BCUT2D eigenvalue weighted by molar-refractivity contribution is 7.15. The lowest BCUT2D eigenvalue weighted by molar-refractivity contribution is -0.116. The van der Waals surface area contributed by atoms with Crippen LogP contribution in [0.1, 0.15) is 32.5 Å². The molecule has 2 heterocycles. The van der Waals surface area contributed by atoms with Gasteiger partial charge in [-0.2, -0.15) is 0 Å². The third-order valence-corrected chi connectivity index (χ3v) is 5.80. The van der Waals surface area contributed by atoms with E-state index in [0.29, 0.717) is 21.7 Å². The fraction of sp³-hybridized carbons (Fsp3) is 0.100. The summed E-state index contributed by atoms with van der Waals surface area (Å²) in [6.45, 7) is 0. The van der Waals surface area contributed by atoms with Crippen LogP contribution < -0.4 is 5.32 Å². The van der Waals surface area contributed by atoms with Crippen LogP contribution in [-0.4, -0.2) is 17.0 Å². The van der Waals surface area contributed by atoms with Crippen molar-refractivity contribution in [2.24, 2.45) is 0 Å². The number of carboxylic acid groups (broad SMARTS) is 1. The quantitative estimate of drug-likeness (QED) is 0.676. The van der Waals surface area contributed by atoms with Crippen molar-refractivity contribution in [3.8, 4) is 11.1 Å². The van der Waals surface area contributed by atoms with Gasteiger partial charge < -0.3 is 10.4 Å². The van der Waals surface area contributed by atoms with Crippen LogP contribution in [0.5, 0.6) is 0 Å². The SMILES string of the molecule is O=C1C[C@@H](c2ccc(F)cc2)c2sc(C(=O)O)c(-c3ccc(F)cc3)c2N1. The van der Waals surface area contributed by atoms with Crippen LogP contribution in [0.25, 0.3) is 11.1 Å². The molecule has 4 nitrogen and oxygen atoms in total. The number of rotatable bonds is 3. The first-order valence-electron chi connectivity index (χ1n) is 8.15. The largest absolute Gasteiger partial charge is 0.477 e. The molecule has 136 valence electrons. The Morgan fingerprint density at radius 1 is 1.04 bits per heavy atom. The number of benzene rings is 2. The summed E-state index contributed by atoms with van der Waals surface area (Å²) in [6, 6.07) is 11.3. The molecule has 0 saturated carbocycles. The minimum absolute atomic E-state index is 0.0703. The van der Waals surface area contributed by atoms with Gasteiger partial charge in [0.1, 0.15) is 16.5 Å². The topological polar surface area (TPSA) is 66.4 Å². The summed E-state index contributed by atoms with van der Waals surface area (Å²) < 4.78 is 26.6. The molecule has 0 aliphatic carbocycles. The summed E-state index contributed by atoms with van der Waals surface area (Å²) in [4.78, 5) is 24.9. The Balaban J connectivity index is 1.92. The Labute approximate surface area is 157 Å². The van der Waals surface area contributed by atoms with Crippen LogP contribution in [0.2, 0.25) is 0 Å². The summed E-state index contributed by atoms with van der Waals surface area (Å²) in [5.41, 5.74) is 2.03. The molecule has 1 aliphatic heterocycles. The van der Waals surface area contributed by atoms with Crippen molar-refractivity contribution < 1.29 is 23.5 Å². The van der Waals surface area contributed by atoms with E-state index in [1.807, 2.05) is 0 Å². The second-order valence-corrected chi connectivity index (χ2v) is 7.27. The standard InChI is InChI=1S/C20H13F2NO3S/c21-12-5-1-10(2-6-12)14-9-15(24)23-17-16(11-3-7-13(22)8-4-11)19(20(25)26)27-18(14)17/h1-8,14H,9H2,(H,23,24)(H,25,26)/t14-/m0/s1. The van der Waals surface area contributed by atoms with Gasteiger partial charge in [-0.05, 0) is 35.4 Å². The number of carbonyl (C=O) groups excluding carboxylic acids is 1. The lowest BCUT2D eigenvalue weighted by Gasteiger charge is -2.23. The average molecular weight is 385 g/mol. The van der Waals surface area contributed by atoms with Crippen molar-refractivity contribution >= 4 is 28.9 Å². The van der Waals surface area contributed by atoms with Crippen LogP contribution in [0.4, 0.5) is 14.5 Å². The molecule has 1 aliphatic rings. The third-order valence-electron chi connectivity index (χ3n) is 4.51. The van der Waals surface area contributed by atoms with Gasteiger partial charge in [0.05, 0.1) is 5.69 Å². The summed E-state index contributed by atoms with van der Waals surface area (Å²) in [5, 5.41) is 12.4. The Kier molecular flexibility index (Phi) is 4.24. The molecule has 0 saturated heterocycles. The van der Waals surface area contributed by atoms with E-state index in [1.165, 1.54) is 36.4 Å². The number of anilines is 1. The van der Waals surface area contributed by atoms with Gasteiger partial charge in [0, 0.05) is 22.8 Å². The molecular weight excluding hydrogens is 372 g/mol. The van der Waals surface area contributed by atoms with Gasteiger partial charge in [-0.3, -0.25) is 4.79 Å². The molecule has 7 heteroatoms. The van der Waals surface area contributed by atoms with Crippen molar-refractivity contribution in [1.29, 1.82) is 0 Å². The number of aromatic carboxylic acids is 1. The molecule has 2 aromatic carbocycles. The molecule has 0 spiro atoms. The van der Waals surface area contributed by atoms with Gasteiger partial charge in [-0.25, -0.2) is 13.6 Å². The average Bonchev–Trinajstić information content (AvgIpc) is 3.02. The molecule has 4 rings (SSSR count). The number of halogens is 2. The second-order valence-electron chi connectivity index (χ2n) is 6.21. The molecule has 1 atom stereocenters.